The second kappa shape index (κ2) is 6.05. The summed E-state index contributed by atoms with van der Waals surface area (Å²) < 4.78 is 0. The Morgan fingerprint density at radius 3 is 2.12 bits per heavy atom. The summed E-state index contributed by atoms with van der Waals surface area (Å²) in [6, 6.07) is 7.33. The molecular weight excluding hydrogens is 194 g/mol. The van der Waals surface area contributed by atoms with Crippen molar-refractivity contribution in [2.24, 2.45) is 5.92 Å². The van der Waals surface area contributed by atoms with Crippen LogP contribution in [-0.4, -0.2) is 7.05 Å². The molecule has 2 unspecified atom stereocenters. The Balaban J connectivity index is 2.94. The highest BCUT2D eigenvalue weighted by atomic mass is 14.9. The van der Waals surface area contributed by atoms with Crippen LogP contribution in [0.3, 0.4) is 0 Å². The molecule has 1 heteroatoms. The largest absolute Gasteiger partial charge is 0.313 e. The second-order valence-corrected chi connectivity index (χ2v) is 4.95. The first-order valence-corrected chi connectivity index (χ1v) is 6.34. The Morgan fingerprint density at radius 1 is 1.12 bits per heavy atom. The lowest BCUT2D eigenvalue weighted by atomic mass is 9.89. The van der Waals surface area contributed by atoms with Crippen molar-refractivity contribution in [2.45, 2.75) is 46.6 Å². The van der Waals surface area contributed by atoms with Gasteiger partial charge in [-0.05, 0) is 38.8 Å². The summed E-state index contributed by atoms with van der Waals surface area (Å²) in [6.45, 7) is 8.94. The monoisotopic (exact) mass is 219 g/mol. The van der Waals surface area contributed by atoms with Gasteiger partial charge in [-0.15, -0.1) is 0 Å². The molecule has 0 fully saturated rings. The zero-order chi connectivity index (χ0) is 12.1. The molecule has 1 nitrogen and oxygen atoms in total. The minimum atomic E-state index is 0.485. The first-order chi connectivity index (χ1) is 7.58. The van der Waals surface area contributed by atoms with Gasteiger partial charge in [0.05, 0.1) is 0 Å². The Morgan fingerprint density at radius 2 is 1.69 bits per heavy atom. The quantitative estimate of drug-likeness (QED) is 0.789. The van der Waals surface area contributed by atoms with Gasteiger partial charge in [0, 0.05) is 6.04 Å². The normalized spacial score (nSPS) is 14.8. The number of hydrogen-bond donors (Lipinski definition) is 1. The molecule has 0 aromatic heterocycles. The van der Waals surface area contributed by atoms with Gasteiger partial charge in [-0.25, -0.2) is 0 Å². The predicted molar refractivity (Wildman–Crippen MR) is 71.8 cm³/mol. The Kier molecular flexibility index (Phi) is 5.01. The molecule has 1 rings (SSSR count). The van der Waals surface area contributed by atoms with Gasteiger partial charge in [-0.2, -0.15) is 0 Å². The van der Waals surface area contributed by atoms with E-state index in [1.807, 2.05) is 0 Å². The van der Waals surface area contributed by atoms with E-state index >= 15 is 0 Å². The van der Waals surface area contributed by atoms with Crippen LogP contribution in [-0.2, 0) is 0 Å². The maximum Gasteiger partial charge on any atom is 0.0343 e. The lowest BCUT2D eigenvalue weighted by Gasteiger charge is -2.24. The van der Waals surface area contributed by atoms with E-state index in [2.05, 4.69) is 58.3 Å². The van der Waals surface area contributed by atoms with Crippen LogP contribution in [0.5, 0.6) is 0 Å². The number of aryl methyl sites for hydroxylation is 2. The van der Waals surface area contributed by atoms with Crippen LogP contribution in [0.4, 0.5) is 0 Å². The molecule has 16 heavy (non-hydrogen) atoms. The molecule has 1 aromatic rings. The fourth-order valence-electron chi connectivity index (χ4n) is 2.59. The topological polar surface area (TPSA) is 12.0 Å². The van der Waals surface area contributed by atoms with E-state index in [1.165, 1.54) is 29.5 Å². The smallest absolute Gasteiger partial charge is 0.0343 e. The third kappa shape index (κ3) is 3.34. The molecule has 0 aliphatic rings. The SMILES string of the molecule is CCCC(C)C(NC)c1cc(C)cc(C)c1. The maximum absolute atomic E-state index is 3.46. The van der Waals surface area contributed by atoms with Crippen LogP contribution in [0, 0.1) is 19.8 Å². The Bertz CT molecular complexity index is 310. The van der Waals surface area contributed by atoms with Gasteiger partial charge in [-0.1, -0.05) is 49.6 Å². The summed E-state index contributed by atoms with van der Waals surface area (Å²) in [5, 5.41) is 3.46. The first kappa shape index (κ1) is 13.2. The number of benzene rings is 1. The molecule has 1 N–H and O–H groups in total. The fourth-order valence-corrected chi connectivity index (χ4v) is 2.59. The predicted octanol–water partition coefficient (Wildman–Crippen LogP) is 4.00. The molecule has 0 radical (unpaired) electrons. The Hall–Kier alpha value is -0.820. The molecule has 0 amide bonds. The lowest BCUT2D eigenvalue weighted by Crippen LogP contribution is -2.23. The number of rotatable bonds is 5. The summed E-state index contributed by atoms with van der Waals surface area (Å²) in [6.07, 6.45) is 2.53. The lowest BCUT2D eigenvalue weighted by molar-refractivity contribution is 0.383. The third-order valence-corrected chi connectivity index (χ3v) is 3.23. The third-order valence-electron chi connectivity index (χ3n) is 3.23. The highest BCUT2D eigenvalue weighted by Crippen LogP contribution is 2.26. The van der Waals surface area contributed by atoms with Crippen LogP contribution >= 0.6 is 0 Å². The van der Waals surface area contributed by atoms with Crippen molar-refractivity contribution in [1.29, 1.82) is 0 Å². The minimum Gasteiger partial charge on any atom is -0.313 e. The zero-order valence-electron chi connectivity index (χ0n) is 11.3. The molecule has 0 aliphatic carbocycles. The highest BCUT2D eigenvalue weighted by Gasteiger charge is 2.16. The average Bonchev–Trinajstić information content (AvgIpc) is 2.17. The summed E-state index contributed by atoms with van der Waals surface area (Å²) in [5.74, 6) is 0.691. The van der Waals surface area contributed by atoms with Crippen LogP contribution in [0.2, 0.25) is 0 Å². The molecule has 0 bridgehead atoms. The van der Waals surface area contributed by atoms with Crippen molar-refractivity contribution in [3.05, 3.63) is 34.9 Å². The van der Waals surface area contributed by atoms with Crippen LogP contribution < -0.4 is 5.32 Å². The van der Waals surface area contributed by atoms with Gasteiger partial charge < -0.3 is 5.32 Å². The molecule has 1 aromatic carbocycles. The fraction of sp³-hybridized carbons (Fsp3) is 0.600. The second-order valence-electron chi connectivity index (χ2n) is 4.95. The van der Waals surface area contributed by atoms with Gasteiger partial charge in [0.15, 0.2) is 0 Å². The van der Waals surface area contributed by atoms with E-state index in [1.54, 1.807) is 0 Å². The van der Waals surface area contributed by atoms with Crippen LogP contribution in [0.1, 0.15) is 49.4 Å². The molecule has 2 atom stereocenters. The number of hydrogen-bond acceptors (Lipinski definition) is 1. The van der Waals surface area contributed by atoms with Crippen molar-refractivity contribution in [3.8, 4) is 0 Å². The van der Waals surface area contributed by atoms with E-state index in [0.717, 1.165) is 0 Å². The van der Waals surface area contributed by atoms with Gasteiger partial charge in [-0.3, -0.25) is 0 Å². The van der Waals surface area contributed by atoms with E-state index < -0.39 is 0 Å². The van der Waals surface area contributed by atoms with Crippen molar-refractivity contribution in [1.82, 2.24) is 5.32 Å². The maximum atomic E-state index is 3.46. The van der Waals surface area contributed by atoms with E-state index in [-0.39, 0.29) is 0 Å². The van der Waals surface area contributed by atoms with Crippen LogP contribution in [0.25, 0.3) is 0 Å². The Labute approximate surface area is 100 Å². The standard InChI is InChI=1S/C15H25N/c1-6-7-13(4)15(16-5)14-9-11(2)8-12(3)10-14/h8-10,13,15-16H,6-7H2,1-5H3. The molecule has 0 saturated carbocycles. The summed E-state index contributed by atoms with van der Waals surface area (Å²) in [4.78, 5) is 0. The summed E-state index contributed by atoms with van der Waals surface area (Å²) in [7, 11) is 2.06. The summed E-state index contributed by atoms with van der Waals surface area (Å²) in [5.41, 5.74) is 4.15. The van der Waals surface area contributed by atoms with Crippen molar-refractivity contribution in [2.75, 3.05) is 7.05 Å². The van der Waals surface area contributed by atoms with Crippen LogP contribution in [0.15, 0.2) is 18.2 Å². The highest BCUT2D eigenvalue weighted by molar-refractivity contribution is 5.31. The van der Waals surface area contributed by atoms with E-state index in [9.17, 15) is 0 Å². The van der Waals surface area contributed by atoms with Gasteiger partial charge in [0.2, 0.25) is 0 Å². The molecule has 0 aliphatic heterocycles. The van der Waals surface area contributed by atoms with Gasteiger partial charge >= 0.3 is 0 Å². The molecular formula is C15H25N. The van der Waals surface area contributed by atoms with Gasteiger partial charge in [0.25, 0.3) is 0 Å². The van der Waals surface area contributed by atoms with Crippen molar-refractivity contribution in [3.63, 3.8) is 0 Å². The van der Waals surface area contributed by atoms with E-state index in [4.69, 9.17) is 0 Å². The number of nitrogens with one attached hydrogen (secondary N) is 1. The average molecular weight is 219 g/mol. The summed E-state index contributed by atoms with van der Waals surface area (Å²) >= 11 is 0. The van der Waals surface area contributed by atoms with Crippen molar-refractivity contribution >= 4 is 0 Å². The molecule has 0 spiro atoms. The van der Waals surface area contributed by atoms with E-state index in [0.29, 0.717) is 12.0 Å². The molecule has 90 valence electrons. The molecule has 0 saturated heterocycles. The minimum absolute atomic E-state index is 0.485. The first-order valence-electron chi connectivity index (χ1n) is 6.34. The van der Waals surface area contributed by atoms with Crippen molar-refractivity contribution < 1.29 is 0 Å². The molecule has 0 heterocycles. The zero-order valence-corrected chi connectivity index (χ0v) is 11.3. The van der Waals surface area contributed by atoms with Gasteiger partial charge in [0.1, 0.15) is 0 Å².